The highest BCUT2D eigenvalue weighted by atomic mass is 79.9. The van der Waals surface area contributed by atoms with Crippen LogP contribution in [-0.4, -0.2) is 39.9 Å². The zero-order chi connectivity index (χ0) is 13.0. The van der Waals surface area contributed by atoms with Crippen molar-refractivity contribution in [1.29, 1.82) is 0 Å². The number of hydrogen-bond acceptors (Lipinski definition) is 4. The van der Waals surface area contributed by atoms with Gasteiger partial charge in [-0.25, -0.2) is 4.98 Å². The molecule has 1 aromatic heterocycles. The van der Waals surface area contributed by atoms with Gasteiger partial charge in [0.1, 0.15) is 5.69 Å². The van der Waals surface area contributed by atoms with Crippen molar-refractivity contribution in [2.75, 3.05) is 18.8 Å². The Kier molecular flexibility index (Phi) is 5.51. The fraction of sp³-hybridized carbons (Fsp3) is 0.667. The van der Waals surface area contributed by atoms with E-state index in [0.717, 1.165) is 29.2 Å². The number of carbonyl (C=O) groups is 1. The highest BCUT2D eigenvalue weighted by Crippen LogP contribution is 2.24. The monoisotopic (exact) mass is 348 g/mol. The van der Waals surface area contributed by atoms with Crippen LogP contribution in [0.4, 0.5) is 0 Å². The molecule has 1 fully saturated rings. The van der Waals surface area contributed by atoms with Crippen LogP contribution in [0, 0.1) is 0 Å². The minimum absolute atomic E-state index is 0.0838. The Morgan fingerprint density at radius 1 is 1.67 bits per heavy atom. The van der Waals surface area contributed by atoms with Crippen molar-refractivity contribution in [3.8, 4) is 0 Å². The number of thiazole rings is 1. The number of carbonyl (C=O) groups excluding carboxylic acids is 1. The summed E-state index contributed by atoms with van der Waals surface area (Å²) >= 11 is 6.74. The molecule has 0 aliphatic carbocycles. The van der Waals surface area contributed by atoms with Crippen LogP contribution in [0.5, 0.6) is 0 Å². The highest BCUT2D eigenvalue weighted by Gasteiger charge is 2.24. The van der Waals surface area contributed by atoms with Gasteiger partial charge in [-0.05, 0) is 34.5 Å². The first kappa shape index (κ1) is 14.3. The number of aromatic nitrogens is 1. The maximum atomic E-state index is 12.4. The molecule has 1 aromatic rings. The number of nitrogens with zero attached hydrogens (tertiary/aromatic N) is 2. The molecule has 0 aromatic carbocycles. The Balaban J connectivity index is 2.04. The van der Waals surface area contributed by atoms with Gasteiger partial charge in [0.2, 0.25) is 0 Å². The first-order chi connectivity index (χ1) is 8.70. The van der Waals surface area contributed by atoms with E-state index in [4.69, 9.17) is 0 Å². The zero-order valence-electron chi connectivity index (χ0n) is 10.4. The second kappa shape index (κ2) is 6.91. The number of thioether (sulfide) groups is 1. The van der Waals surface area contributed by atoms with E-state index in [-0.39, 0.29) is 5.91 Å². The van der Waals surface area contributed by atoms with Gasteiger partial charge in [-0.15, -0.1) is 11.3 Å². The zero-order valence-corrected chi connectivity index (χ0v) is 13.6. The summed E-state index contributed by atoms with van der Waals surface area (Å²) in [5.74, 6) is 1.20. The fourth-order valence-electron chi connectivity index (χ4n) is 2.17. The normalized spacial score (nSPS) is 20.8. The molecule has 0 saturated carbocycles. The van der Waals surface area contributed by atoms with Crippen molar-refractivity contribution >= 4 is 44.9 Å². The quantitative estimate of drug-likeness (QED) is 0.835. The summed E-state index contributed by atoms with van der Waals surface area (Å²) in [5.41, 5.74) is 0.578. The lowest BCUT2D eigenvalue weighted by Gasteiger charge is -2.23. The van der Waals surface area contributed by atoms with Crippen LogP contribution < -0.4 is 0 Å². The second-order valence-corrected chi connectivity index (χ2v) is 8.02. The molecular formula is C12H17BrN2OS2. The molecule has 1 unspecified atom stereocenters. The molecule has 2 heterocycles. The van der Waals surface area contributed by atoms with E-state index in [1.165, 1.54) is 24.2 Å². The minimum atomic E-state index is 0.0838. The third-order valence-corrected chi connectivity index (χ3v) is 5.57. The minimum Gasteiger partial charge on any atom is -0.336 e. The van der Waals surface area contributed by atoms with Crippen LogP contribution in [0.2, 0.25) is 0 Å². The van der Waals surface area contributed by atoms with E-state index in [2.05, 4.69) is 27.8 Å². The number of rotatable bonds is 3. The predicted molar refractivity (Wildman–Crippen MR) is 81.5 cm³/mol. The molecule has 0 spiro atoms. The molecule has 1 aliphatic heterocycles. The van der Waals surface area contributed by atoms with Gasteiger partial charge in [-0.3, -0.25) is 4.79 Å². The van der Waals surface area contributed by atoms with Gasteiger partial charge in [-0.2, -0.15) is 11.8 Å². The maximum absolute atomic E-state index is 12.4. The lowest BCUT2D eigenvalue weighted by Crippen LogP contribution is -2.35. The molecule has 0 radical (unpaired) electrons. The smallest absolute Gasteiger partial charge is 0.273 e. The molecule has 0 bridgehead atoms. The third-order valence-electron chi connectivity index (χ3n) is 3.01. The molecule has 0 N–H and O–H groups in total. The van der Waals surface area contributed by atoms with Crippen molar-refractivity contribution in [3.63, 3.8) is 0 Å². The number of amides is 1. The summed E-state index contributed by atoms with van der Waals surface area (Å²) in [6, 6.07) is 0. The van der Waals surface area contributed by atoms with Crippen LogP contribution in [0.3, 0.4) is 0 Å². The summed E-state index contributed by atoms with van der Waals surface area (Å²) in [7, 11) is 0. The Bertz CT molecular complexity index is 411. The average Bonchev–Trinajstić information content (AvgIpc) is 2.65. The molecule has 6 heteroatoms. The third kappa shape index (κ3) is 3.71. The van der Waals surface area contributed by atoms with Gasteiger partial charge in [0.25, 0.3) is 5.91 Å². The lowest BCUT2D eigenvalue weighted by atomic mass is 10.2. The van der Waals surface area contributed by atoms with Crippen LogP contribution in [0.1, 0.15) is 36.7 Å². The molecule has 1 atom stereocenters. The van der Waals surface area contributed by atoms with E-state index in [9.17, 15) is 4.79 Å². The van der Waals surface area contributed by atoms with Gasteiger partial charge in [0.15, 0.2) is 3.92 Å². The lowest BCUT2D eigenvalue weighted by molar-refractivity contribution is 0.0758. The molecule has 100 valence electrons. The van der Waals surface area contributed by atoms with Crippen molar-refractivity contribution in [2.45, 2.75) is 31.4 Å². The van der Waals surface area contributed by atoms with Gasteiger partial charge >= 0.3 is 0 Å². The molecule has 3 nitrogen and oxygen atoms in total. The summed E-state index contributed by atoms with van der Waals surface area (Å²) in [6.45, 7) is 3.92. The van der Waals surface area contributed by atoms with E-state index in [1.807, 2.05) is 22.0 Å². The number of halogens is 1. The van der Waals surface area contributed by atoms with Gasteiger partial charge in [0.05, 0.1) is 0 Å². The van der Waals surface area contributed by atoms with Gasteiger partial charge in [-0.1, -0.05) is 13.3 Å². The molecular weight excluding hydrogens is 332 g/mol. The summed E-state index contributed by atoms with van der Waals surface area (Å²) < 4.78 is 0.778. The Morgan fingerprint density at radius 2 is 2.50 bits per heavy atom. The topological polar surface area (TPSA) is 33.2 Å². The number of likely N-dealkylation sites (tertiary alicyclic amines) is 1. The molecule has 2 rings (SSSR count). The SMILES string of the molecule is CCSC1CCCCN(C(=O)c2csc(Br)n2)C1. The molecule has 1 saturated heterocycles. The average molecular weight is 349 g/mol. The van der Waals surface area contributed by atoms with Gasteiger partial charge < -0.3 is 4.90 Å². The van der Waals surface area contributed by atoms with Crippen molar-refractivity contribution < 1.29 is 4.79 Å². The first-order valence-corrected chi connectivity index (χ1v) is 8.94. The van der Waals surface area contributed by atoms with Crippen molar-refractivity contribution in [1.82, 2.24) is 9.88 Å². The summed E-state index contributed by atoms with van der Waals surface area (Å²) in [4.78, 5) is 18.6. The van der Waals surface area contributed by atoms with E-state index in [0.29, 0.717) is 10.9 Å². The standard InChI is InChI=1S/C12H17BrN2OS2/c1-2-17-9-5-3-4-6-15(7-9)11(16)10-8-18-12(13)14-10/h8-9H,2-7H2,1H3. The molecule has 1 aliphatic rings. The maximum Gasteiger partial charge on any atom is 0.273 e. The van der Waals surface area contributed by atoms with Crippen LogP contribution in [0.25, 0.3) is 0 Å². The summed E-state index contributed by atoms with van der Waals surface area (Å²) in [6.07, 6.45) is 3.56. The number of hydrogen-bond donors (Lipinski definition) is 0. The van der Waals surface area contributed by atoms with Crippen LogP contribution in [0.15, 0.2) is 9.30 Å². The predicted octanol–water partition coefficient (Wildman–Crippen LogP) is 3.65. The second-order valence-electron chi connectivity index (χ2n) is 4.31. The first-order valence-electron chi connectivity index (χ1n) is 6.22. The fourth-order valence-corrected chi connectivity index (χ4v) is 4.25. The Labute approximate surface area is 124 Å². The van der Waals surface area contributed by atoms with Gasteiger partial charge in [0, 0.05) is 23.7 Å². The molecule has 18 heavy (non-hydrogen) atoms. The van der Waals surface area contributed by atoms with Crippen LogP contribution >= 0.6 is 39.0 Å². The van der Waals surface area contributed by atoms with Crippen molar-refractivity contribution in [3.05, 3.63) is 15.0 Å². The van der Waals surface area contributed by atoms with E-state index >= 15 is 0 Å². The highest BCUT2D eigenvalue weighted by molar-refractivity contribution is 9.11. The van der Waals surface area contributed by atoms with Crippen molar-refractivity contribution in [2.24, 2.45) is 0 Å². The largest absolute Gasteiger partial charge is 0.336 e. The van der Waals surface area contributed by atoms with E-state index < -0.39 is 0 Å². The van der Waals surface area contributed by atoms with Crippen LogP contribution in [-0.2, 0) is 0 Å². The molecule has 1 amide bonds. The Hall–Kier alpha value is -0.0700. The summed E-state index contributed by atoms with van der Waals surface area (Å²) in [5, 5.41) is 2.42. The Morgan fingerprint density at radius 3 is 3.17 bits per heavy atom. The van der Waals surface area contributed by atoms with E-state index in [1.54, 1.807) is 0 Å².